The van der Waals surface area contributed by atoms with Gasteiger partial charge in [-0.05, 0) is 0 Å². The van der Waals surface area contributed by atoms with Crippen LogP contribution in [0.2, 0.25) is 0 Å². The summed E-state index contributed by atoms with van der Waals surface area (Å²) in [6.07, 6.45) is 0. The molecule has 0 aliphatic carbocycles. The largest absolute Gasteiger partial charge is 0.668 e. The molecule has 0 saturated carbocycles. The number of hydrogen-bond acceptors (Lipinski definition) is 8. The minimum absolute atomic E-state index is 0. The van der Waals surface area contributed by atoms with E-state index >= 15 is 0 Å². The van der Waals surface area contributed by atoms with Gasteiger partial charge < -0.3 is 38.4 Å². The highest BCUT2D eigenvalue weighted by molar-refractivity contribution is 6.47. The van der Waals surface area contributed by atoms with Gasteiger partial charge in [-0.25, -0.2) is 0 Å². The van der Waals surface area contributed by atoms with Crippen molar-refractivity contribution in [1.82, 2.24) is 0 Å². The maximum atomic E-state index is 7.33. The smallest absolute Gasteiger partial charge is 0.368 e. The zero-order valence-corrected chi connectivity index (χ0v) is 6.58. The molecule has 0 bridgehead atoms. The minimum Gasteiger partial charge on any atom is -0.368 e. The molecule has 0 aliphatic rings. The fourth-order valence-electron chi connectivity index (χ4n) is 0. The molecule has 82 valence electrons. The first-order chi connectivity index (χ1) is 4.00. The van der Waals surface area contributed by atoms with Crippen LogP contribution in [0, 0.1) is 0 Å². The van der Waals surface area contributed by atoms with E-state index in [1.54, 1.807) is 0 Å². The summed E-state index contributed by atoms with van der Waals surface area (Å²) >= 11 is 0. The van der Waals surface area contributed by atoms with Crippen molar-refractivity contribution in [1.29, 1.82) is 0 Å². The Bertz CT molecular complexity index is 60.4. The van der Waals surface area contributed by atoms with Crippen molar-refractivity contribution in [3.8, 4) is 0 Å². The molecule has 0 spiro atoms. The third-order valence-electron chi connectivity index (χ3n) is 0. The molecule has 0 fully saturated rings. The quantitative estimate of drug-likeness (QED) is 0.203. The first-order valence-electron chi connectivity index (χ1n) is 1.79. The van der Waals surface area contributed by atoms with E-state index in [9.17, 15) is 0 Å². The molecule has 0 aromatic heterocycles. The summed E-state index contributed by atoms with van der Waals surface area (Å²) in [4.78, 5) is 58.6. The van der Waals surface area contributed by atoms with E-state index in [1.807, 2.05) is 0 Å². The van der Waals surface area contributed by atoms with Crippen molar-refractivity contribution in [3.63, 3.8) is 0 Å². The lowest BCUT2D eigenvalue weighted by molar-refractivity contribution is 0.115. The third-order valence-corrected chi connectivity index (χ3v) is 0. The first-order valence-corrected chi connectivity index (χ1v) is 5.37. The Labute approximate surface area is 108 Å². The van der Waals surface area contributed by atoms with E-state index < -0.39 is 18.1 Å². The molecule has 0 radical (unpaired) electrons. The fraction of sp³-hybridized carbons (Fsp3) is 0. The Balaban J connectivity index is -0.0000000267. The number of hydrogen-bond donors (Lipinski definition) is 8. The van der Waals surface area contributed by atoms with E-state index in [1.165, 1.54) is 0 Å². The van der Waals surface area contributed by atoms with Crippen molar-refractivity contribution >= 4 is 70.2 Å². The highest BCUT2D eigenvalue weighted by Crippen LogP contribution is 1.67. The van der Waals surface area contributed by atoms with Gasteiger partial charge in [-0.15, -0.1) is 0 Å². The lowest BCUT2D eigenvalue weighted by atomic mass is 15.7. The normalized spacial score (nSPS) is 9.23. The Morgan fingerprint density at radius 3 is 0.385 bits per heavy atom. The molecule has 13 heavy (non-hydrogen) atoms. The van der Waals surface area contributed by atoms with Crippen LogP contribution in [0.5, 0.6) is 0 Å². The molecular formula is H17Al3O8Si2. The first kappa shape index (κ1) is 29.3. The van der Waals surface area contributed by atoms with Gasteiger partial charge in [-0.2, -0.15) is 0 Å². The Hall–Kier alpha value is 1.71. The summed E-state index contributed by atoms with van der Waals surface area (Å²) in [7, 11) is -9.22. The van der Waals surface area contributed by atoms with Crippen LogP contribution in [0.25, 0.3) is 0 Å². The van der Waals surface area contributed by atoms with E-state index in [0.717, 1.165) is 0 Å². The topological polar surface area (TPSA) is 162 Å². The minimum atomic E-state index is -4.61. The van der Waals surface area contributed by atoms with E-state index in [4.69, 9.17) is 38.4 Å². The third kappa shape index (κ3) is 642. The van der Waals surface area contributed by atoms with Gasteiger partial charge in [0.05, 0.1) is 0 Å². The summed E-state index contributed by atoms with van der Waals surface area (Å²) in [5.74, 6) is 0. The second-order valence-corrected chi connectivity index (χ2v) is 3.60. The standard InChI is InChI=1S/3Al.2H4O4Si.9H/c;;;2*1-5(2,3)4;;;;;;;;;/h;;;2*1-4H;;;;;;;;;. The lowest BCUT2D eigenvalue weighted by Crippen LogP contribution is -2.33. The molecule has 8 nitrogen and oxygen atoms in total. The van der Waals surface area contributed by atoms with Crippen LogP contribution < -0.4 is 0 Å². The molecule has 0 saturated heterocycles. The predicted molar refractivity (Wildman–Crippen MR) is 59.1 cm³/mol. The summed E-state index contributed by atoms with van der Waals surface area (Å²) in [6.45, 7) is 0. The van der Waals surface area contributed by atoms with Gasteiger partial charge in [0.1, 0.15) is 0 Å². The molecular weight excluding hydrogens is 265 g/mol. The van der Waals surface area contributed by atoms with Crippen LogP contribution in [0.4, 0.5) is 0 Å². The van der Waals surface area contributed by atoms with E-state index in [-0.39, 0.29) is 52.1 Å². The van der Waals surface area contributed by atoms with Gasteiger partial charge in [-0.3, -0.25) is 0 Å². The second-order valence-electron chi connectivity index (χ2n) is 1.20. The van der Waals surface area contributed by atoms with Crippen molar-refractivity contribution in [3.05, 3.63) is 0 Å². The average Bonchev–Trinajstić information content (AvgIpc) is 1.12. The Morgan fingerprint density at radius 2 is 0.385 bits per heavy atom. The molecule has 13 heteroatoms. The highest BCUT2D eigenvalue weighted by Gasteiger charge is 2.22. The van der Waals surface area contributed by atoms with Gasteiger partial charge in [0.15, 0.2) is 52.1 Å². The lowest BCUT2D eigenvalue weighted by Gasteiger charge is -1.91. The van der Waals surface area contributed by atoms with Crippen molar-refractivity contribution in [2.45, 2.75) is 0 Å². The van der Waals surface area contributed by atoms with Crippen LogP contribution >= 0.6 is 0 Å². The summed E-state index contributed by atoms with van der Waals surface area (Å²) in [5.41, 5.74) is 0. The van der Waals surface area contributed by atoms with E-state index in [0.29, 0.717) is 0 Å². The Kier molecular flexibility index (Phi) is 26.6. The van der Waals surface area contributed by atoms with Gasteiger partial charge in [-0.1, -0.05) is 0 Å². The molecule has 0 aromatic rings. The van der Waals surface area contributed by atoms with Crippen LogP contribution in [0.15, 0.2) is 0 Å². The molecule has 0 amide bonds. The Morgan fingerprint density at radius 1 is 0.385 bits per heavy atom. The van der Waals surface area contributed by atoms with Gasteiger partial charge in [0.25, 0.3) is 0 Å². The molecule has 0 aromatic carbocycles. The van der Waals surface area contributed by atoms with Crippen molar-refractivity contribution in [2.75, 3.05) is 0 Å². The van der Waals surface area contributed by atoms with Crippen molar-refractivity contribution in [2.24, 2.45) is 0 Å². The molecule has 0 atom stereocenters. The maximum Gasteiger partial charge on any atom is 0.668 e. The SMILES string of the molecule is O[Si](O)(O)O.O[Si](O)(O)O.[AlH3].[AlH3].[AlH3]. The molecule has 0 unspecified atom stereocenters. The van der Waals surface area contributed by atoms with Crippen LogP contribution in [0.3, 0.4) is 0 Å². The van der Waals surface area contributed by atoms with E-state index in [2.05, 4.69) is 0 Å². The van der Waals surface area contributed by atoms with Crippen LogP contribution in [0.1, 0.15) is 0 Å². The van der Waals surface area contributed by atoms with Gasteiger partial charge in [0.2, 0.25) is 0 Å². The summed E-state index contributed by atoms with van der Waals surface area (Å²) in [6, 6.07) is 0. The average molecular weight is 282 g/mol. The highest BCUT2D eigenvalue weighted by atomic mass is 28.4. The summed E-state index contributed by atoms with van der Waals surface area (Å²) in [5, 5.41) is 0. The van der Waals surface area contributed by atoms with Gasteiger partial charge >= 0.3 is 18.1 Å². The predicted octanol–water partition coefficient (Wildman–Crippen LogP) is -8.77. The second kappa shape index (κ2) is 11.8. The fourth-order valence-corrected chi connectivity index (χ4v) is 0. The molecule has 0 rings (SSSR count). The molecule has 0 aliphatic heterocycles. The zero-order chi connectivity index (χ0) is 9.00. The van der Waals surface area contributed by atoms with Crippen LogP contribution in [-0.4, -0.2) is 109 Å². The van der Waals surface area contributed by atoms with Gasteiger partial charge in [0, 0.05) is 0 Å². The van der Waals surface area contributed by atoms with Crippen LogP contribution in [-0.2, 0) is 0 Å². The maximum absolute atomic E-state index is 7.33. The zero-order valence-electron chi connectivity index (χ0n) is 4.58. The monoisotopic (exact) mass is 282 g/mol. The summed E-state index contributed by atoms with van der Waals surface area (Å²) < 4.78 is 0. The molecule has 8 N–H and O–H groups in total. The molecule has 0 heterocycles. The van der Waals surface area contributed by atoms with Crippen molar-refractivity contribution < 1.29 is 38.4 Å². The number of rotatable bonds is 0.